The van der Waals surface area contributed by atoms with Crippen LogP contribution in [0.1, 0.15) is 64.2 Å². The quantitative estimate of drug-likeness (QED) is 0.0428. The van der Waals surface area contributed by atoms with Crippen LogP contribution < -0.4 is 31.2 Å². The first-order valence-corrected chi connectivity index (χ1v) is 24.1. The number of rotatable bonds is 17. The molecule has 73 heavy (non-hydrogen) atoms. The Morgan fingerprint density at radius 2 is 0.918 bits per heavy atom. The molecule has 2 aliphatic rings. The minimum absolute atomic E-state index is 0. The van der Waals surface area contributed by atoms with Gasteiger partial charge in [-0.2, -0.15) is 9.90 Å². The fourth-order valence-corrected chi connectivity index (χ4v) is 5.07. The lowest BCUT2D eigenvalue weighted by atomic mass is 10.2. The average Bonchev–Trinajstić information content (AvgIpc) is 3.37. The molecule has 2 fully saturated rings. The number of aldehydes is 2. The molecule has 19 nitrogen and oxygen atoms in total. The molecule has 2 saturated heterocycles. The van der Waals surface area contributed by atoms with Gasteiger partial charge in [0.1, 0.15) is 61.8 Å². The summed E-state index contributed by atoms with van der Waals surface area (Å²) in [4.78, 5) is 20.4. The number of carbonyl (C=O) groups excluding carboxylic acids is 2. The Bertz CT molecular complexity index is 1720. The Labute approximate surface area is 461 Å². The summed E-state index contributed by atoms with van der Waals surface area (Å²) in [6.07, 6.45) is 3.86. The van der Waals surface area contributed by atoms with Crippen LogP contribution in [0, 0.1) is 0 Å². The molecule has 0 radical (unpaired) electrons. The van der Waals surface area contributed by atoms with Crippen molar-refractivity contribution >= 4 is 70.3 Å². The lowest BCUT2D eigenvalue weighted by Crippen LogP contribution is -2.30. The van der Waals surface area contributed by atoms with Crippen molar-refractivity contribution in [1.82, 2.24) is 12.3 Å². The number of aliphatic hydroxyl groups is 4. The Balaban J connectivity index is -0.000000145. The zero-order chi connectivity index (χ0) is 49.8. The maximum Gasteiger partial charge on any atom is 0.191 e. The summed E-state index contributed by atoms with van der Waals surface area (Å²) in [6.45, 7) is 10.9. The second-order valence-corrected chi connectivity index (χ2v) is 16.2. The molecular weight excluding hydrogens is 1170 g/mol. The molecule has 0 aliphatic carbocycles. The highest BCUT2D eigenvalue weighted by molar-refractivity contribution is 9.11. The Morgan fingerprint density at radius 1 is 0.603 bits per heavy atom. The topological polar surface area (TPSA) is 331 Å². The average molecular weight is 1260 g/mol. The van der Waals surface area contributed by atoms with Crippen LogP contribution in [0.4, 0.5) is 0 Å². The zero-order valence-corrected chi connectivity index (χ0v) is 48.1. The minimum atomic E-state index is -0.816. The minimum Gasteiger partial charge on any atom is -0.491 e. The van der Waals surface area contributed by atoms with Gasteiger partial charge in [0.15, 0.2) is 18.9 Å². The van der Waals surface area contributed by atoms with Crippen molar-refractivity contribution in [3.8, 4) is 23.0 Å². The van der Waals surface area contributed by atoms with E-state index in [1.807, 2.05) is 55.5 Å². The van der Waals surface area contributed by atoms with Gasteiger partial charge in [-0.25, -0.2) is 0 Å². The number of carbonyl (C=O) groups is 2. The molecule has 0 spiro atoms. The summed E-state index contributed by atoms with van der Waals surface area (Å²) in [6, 6.07) is 29.2. The van der Waals surface area contributed by atoms with Crippen molar-refractivity contribution in [2.45, 2.75) is 72.6 Å². The van der Waals surface area contributed by atoms with Gasteiger partial charge in [0.25, 0.3) is 0 Å². The van der Waals surface area contributed by atoms with E-state index in [9.17, 15) is 9.59 Å². The van der Waals surface area contributed by atoms with Crippen LogP contribution in [0.2, 0.25) is 0 Å². The molecule has 0 amide bonds. The molecular formula is C50H86Br3N2O17P. The molecule has 424 valence electrons. The number of hydrogen-bond acceptors (Lipinski definition) is 17. The lowest BCUT2D eigenvalue weighted by molar-refractivity contribution is -0.191. The third-order valence-electron chi connectivity index (χ3n) is 7.60. The van der Waals surface area contributed by atoms with E-state index in [1.54, 1.807) is 55.6 Å². The first kappa shape index (κ1) is 83.7. The standard InChI is InChI=1S/C12H14O4.C11H13BrO3.C9H11BrO3.C8H7BrO2.C3H8O2.C3H8O.C3H8.CH4.2H3N.2H2O.H3P/c13-8-10-2-4-11(5-3-10)16-9-12-14-6-1-7-15-12;12-9-2-4-10(5-3-9)15-8-11-13-6-1-7-14-11;10-7-1-3-9(4-2-7)13-6-8(12)5-11;9-7-1-3-8(4-2-7)11-6-5-10;4-2-1-3-5;1-3-4-2;1-3-2;;;;;;/h2-5,8,12H,1,6-7,9H2;2-5,11H,1,6-8H2;1-4,8,11-12H,5-6H2;1-5H,6H2;4-5H,1-3H2;3H2,1-2H3;3H2,1-2H3;1H4;2*1H3;2*1H2;1H3. The number of aliphatic hydroxyl groups excluding tert-OH is 4. The van der Waals surface area contributed by atoms with Gasteiger partial charge in [-0.05, 0) is 123 Å². The van der Waals surface area contributed by atoms with Crippen molar-refractivity contribution in [2.75, 3.05) is 86.4 Å². The third kappa shape index (κ3) is 49.4. The number of benzene rings is 4. The van der Waals surface area contributed by atoms with Crippen molar-refractivity contribution in [1.29, 1.82) is 0 Å². The van der Waals surface area contributed by atoms with Crippen molar-refractivity contribution in [3.63, 3.8) is 0 Å². The Morgan fingerprint density at radius 3 is 1.19 bits per heavy atom. The second kappa shape index (κ2) is 59.6. The van der Waals surface area contributed by atoms with Crippen LogP contribution in [-0.2, 0) is 28.5 Å². The van der Waals surface area contributed by atoms with Gasteiger partial charge in [0, 0.05) is 45.9 Å². The first-order chi connectivity index (χ1) is 32.5. The van der Waals surface area contributed by atoms with Gasteiger partial charge in [-0.15, -0.1) is 0 Å². The Hall–Kier alpha value is -3.23. The number of methoxy groups -OCH3 is 1. The van der Waals surface area contributed by atoms with Crippen molar-refractivity contribution < 1.29 is 83.6 Å². The predicted octanol–water partition coefficient (Wildman–Crippen LogP) is 8.24. The fourth-order valence-electron chi connectivity index (χ4n) is 4.28. The maximum absolute atomic E-state index is 10.4. The molecule has 4 aromatic rings. The highest BCUT2D eigenvalue weighted by atomic mass is 79.9. The van der Waals surface area contributed by atoms with E-state index < -0.39 is 6.10 Å². The monoisotopic (exact) mass is 1250 g/mol. The van der Waals surface area contributed by atoms with E-state index in [4.69, 9.17) is 58.3 Å². The Kier molecular flexibility index (Phi) is 68.4. The zero-order valence-electron chi connectivity index (χ0n) is 42.0. The fraction of sp³-hybridized carbons (Fsp3) is 0.480. The molecule has 2 unspecified atom stereocenters. The number of halogens is 3. The van der Waals surface area contributed by atoms with E-state index in [2.05, 4.69) is 66.4 Å². The van der Waals surface area contributed by atoms with Crippen LogP contribution in [-0.4, -0.2) is 149 Å². The molecule has 2 heterocycles. The van der Waals surface area contributed by atoms with Crippen molar-refractivity contribution in [2.24, 2.45) is 0 Å². The van der Waals surface area contributed by atoms with Gasteiger partial charge < -0.3 is 86.3 Å². The van der Waals surface area contributed by atoms with E-state index in [0.717, 1.165) is 77.6 Å². The van der Waals surface area contributed by atoms with Crippen LogP contribution in [0.3, 0.4) is 0 Å². The molecule has 23 heteroatoms. The van der Waals surface area contributed by atoms with Crippen LogP contribution in [0.15, 0.2) is 110 Å². The number of ether oxygens (including phenoxy) is 9. The predicted molar refractivity (Wildman–Crippen MR) is 303 cm³/mol. The van der Waals surface area contributed by atoms with E-state index in [1.165, 1.54) is 6.42 Å². The van der Waals surface area contributed by atoms with E-state index in [0.29, 0.717) is 42.4 Å². The van der Waals surface area contributed by atoms with Gasteiger partial charge in [-0.1, -0.05) is 75.5 Å². The van der Waals surface area contributed by atoms with E-state index >= 15 is 0 Å². The van der Waals surface area contributed by atoms with Gasteiger partial charge in [-0.3, -0.25) is 9.59 Å². The lowest BCUT2D eigenvalue weighted by Gasteiger charge is -2.23. The normalized spacial score (nSPS) is 12.2. The second-order valence-electron chi connectivity index (χ2n) is 13.4. The molecule has 2 atom stereocenters. The molecule has 0 saturated carbocycles. The van der Waals surface area contributed by atoms with Crippen LogP contribution >= 0.6 is 57.7 Å². The molecule has 14 N–H and O–H groups in total. The summed E-state index contributed by atoms with van der Waals surface area (Å²) < 4.78 is 50.2. The SMILES string of the molecule is Brc1ccc(OCC2OCCCO2)cc1.C.CCC.CCOC.N.N.O.O.O=CCOc1ccc(Br)cc1.O=Cc1ccc(OCC2OCCCO2)cc1.OCC(O)COc1ccc(Br)cc1.OCCCO.P. The van der Waals surface area contributed by atoms with Crippen LogP contribution in [0.5, 0.6) is 23.0 Å². The molecule has 2 aliphatic heterocycles. The molecule has 0 bridgehead atoms. The summed E-state index contributed by atoms with van der Waals surface area (Å²) in [5, 5.41) is 33.3. The first-order valence-electron chi connectivity index (χ1n) is 21.7. The summed E-state index contributed by atoms with van der Waals surface area (Å²) >= 11 is 9.95. The molecule has 4 aromatic carbocycles. The smallest absolute Gasteiger partial charge is 0.191 e. The largest absolute Gasteiger partial charge is 0.491 e. The van der Waals surface area contributed by atoms with Gasteiger partial charge in [0.2, 0.25) is 0 Å². The summed E-state index contributed by atoms with van der Waals surface area (Å²) in [5.41, 5.74) is 0.637. The van der Waals surface area contributed by atoms with Crippen molar-refractivity contribution in [3.05, 3.63) is 116 Å². The summed E-state index contributed by atoms with van der Waals surface area (Å²) in [5.74, 6) is 2.93. The summed E-state index contributed by atoms with van der Waals surface area (Å²) in [7, 11) is 1.68. The number of hydrogen-bond donors (Lipinski definition) is 6. The van der Waals surface area contributed by atoms with Crippen LogP contribution in [0.25, 0.3) is 0 Å². The van der Waals surface area contributed by atoms with E-state index in [-0.39, 0.29) is 86.2 Å². The highest BCUT2D eigenvalue weighted by Gasteiger charge is 2.15. The van der Waals surface area contributed by atoms with Gasteiger partial charge in [0.05, 0.1) is 33.0 Å². The van der Waals surface area contributed by atoms with Gasteiger partial charge >= 0.3 is 0 Å². The highest BCUT2D eigenvalue weighted by Crippen LogP contribution is 2.19. The third-order valence-corrected chi connectivity index (χ3v) is 9.18. The molecule has 0 aromatic heterocycles. The molecule has 6 rings (SSSR count). The maximum atomic E-state index is 10.4.